The highest BCUT2D eigenvalue weighted by Gasteiger charge is 2.21. The van der Waals surface area contributed by atoms with Gasteiger partial charge in [-0.25, -0.2) is 4.79 Å². The second kappa shape index (κ2) is 9.00. The predicted octanol–water partition coefficient (Wildman–Crippen LogP) is 4.16. The molecule has 27 heavy (non-hydrogen) atoms. The van der Waals surface area contributed by atoms with Crippen molar-refractivity contribution < 1.29 is 9.53 Å². The lowest BCUT2D eigenvalue weighted by Crippen LogP contribution is -2.51. The molecule has 2 amide bonds. The van der Waals surface area contributed by atoms with Gasteiger partial charge in [0.25, 0.3) is 0 Å². The molecule has 0 spiro atoms. The van der Waals surface area contributed by atoms with Gasteiger partial charge in [-0.05, 0) is 55.8 Å². The number of carbonyl (C=O) groups is 1. The zero-order chi connectivity index (χ0) is 19.2. The lowest BCUT2D eigenvalue weighted by atomic mass is 10.2. The summed E-state index contributed by atoms with van der Waals surface area (Å²) < 4.78 is 5.69. The molecule has 0 aliphatic carbocycles. The molecule has 0 bridgehead atoms. The van der Waals surface area contributed by atoms with Crippen LogP contribution >= 0.6 is 11.6 Å². The highest BCUT2D eigenvalue weighted by atomic mass is 35.5. The molecule has 1 heterocycles. The monoisotopic (exact) mass is 387 g/mol. The maximum Gasteiger partial charge on any atom is 0.317 e. The number of anilines is 1. The molecule has 2 aromatic rings. The topological polar surface area (TPSA) is 44.8 Å². The van der Waals surface area contributed by atoms with Gasteiger partial charge < -0.3 is 19.9 Å². The molecule has 1 N–H and O–H groups in total. The number of carbonyl (C=O) groups excluding carboxylic acids is 1. The molecule has 1 saturated heterocycles. The molecule has 1 aliphatic heterocycles. The van der Waals surface area contributed by atoms with Gasteiger partial charge in [-0.1, -0.05) is 23.7 Å². The minimum absolute atomic E-state index is 0.0229. The van der Waals surface area contributed by atoms with Gasteiger partial charge in [0.15, 0.2) is 0 Å². The van der Waals surface area contributed by atoms with Crippen molar-refractivity contribution in [2.24, 2.45) is 0 Å². The lowest BCUT2D eigenvalue weighted by molar-refractivity contribution is 0.194. The molecular weight excluding hydrogens is 362 g/mol. The number of hydrogen-bond donors (Lipinski definition) is 1. The molecule has 5 nitrogen and oxygen atoms in total. The van der Waals surface area contributed by atoms with Crippen LogP contribution in [0.5, 0.6) is 5.75 Å². The molecule has 0 unspecified atom stereocenters. The van der Waals surface area contributed by atoms with Crippen LogP contribution in [0.15, 0.2) is 48.5 Å². The Morgan fingerprint density at radius 2 is 1.67 bits per heavy atom. The number of nitrogens with one attached hydrogen (secondary N) is 1. The van der Waals surface area contributed by atoms with Crippen LogP contribution < -0.4 is 15.0 Å². The first-order valence-corrected chi connectivity index (χ1v) is 9.68. The third-order valence-corrected chi connectivity index (χ3v) is 4.75. The first-order valence-electron chi connectivity index (χ1n) is 9.30. The Labute approximate surface area is 165 Å². The van der Waals surface area contributed by atoms with Gasteiger partial charge in [0.05, 0.1) is 6.10 Å². The van der Waals surface area contributed by atoms with Crippen molar-refractivity contribution in [3.8, 4) is 5.75 Å². The Kier molecular flexibility index (Phi) is 6.45. The molecule has 2 aromatic carbocycles. The maximum atomic E-state index is 12.4. The zero-order valence-electron chi connectivity index (χ0n) is 15.8. The number of hydrogen-bond acceptors (Lipinski definition) is 3. The summed E-state index contributed by atoms with van der Waals surface area (Å²) >= 11 is 5.88. The number of nitrogens with zero attached hydrogens (tertiary/aromatic N) is 2. The summed E-state index contributed by atoms with van der Waals surface area (Å²) in [6.07, 6.45) is 0.172. The number of benzene rings is 2. The Bertz CT molecular complexity index is 739. The fourth-order valence-corrected chi connectivity index (χ4v) is 3.19. The van der Waals surface area contributed by atoms with E-state index >= 15 is 0 Å². The van der Waals surface area contributed by atoms with Crippen LogP contribution in [0.2, 0.25) is 5.02 Å². The van der Waals surface area contributed by atoms with Crippen LogP contribution in [0.1, 0.15) is 19.4 Å². The van der Waals surface area contributed by atoms with Crippen molar-refractivity contribution in [1.82, 2.24) is 10.2 Å². The van der Waals surface area contributed by atoms with Crippen LogP contribution in [-0.4, -0.2) is 43.2 Å². The average Bonchev–Trinajstić information content (AvgIpc) is 2.67. The van der Waals surface area contributed by atoms with Gasteiger partial charge in [0.1, 0.15) is 5.75 Å². The Morgan fingerprint density at radius 1 is 1.04 bits per heavy atom. The second-order valence-electron chi connectivity index (χ2n) is 6.92. The van der Waals surface area contributed by atoms with Crippen molar-refractivity contribution in [1.29, 1.82) is 0 Å². The van der Waals surface area contributed by atoms with E-state index in [0.29, 0.717) is 24.7 Å². The SMILES string of the molecule is CC(C)Oc1ccc(N2CCN(C(=O)NCc3ccc(Cl)cc3)CC2)cc1. The summed E-state index contributed by atoms with van der Waals surface area (Å²) in [7, 11) is 0. The van der Waals surface area contributed by atoms with E-state index < -0.39 is 0 Å². The third-order valence-electron chi connectivity index (χ3n) is 4.50. The van der Waals surface area contributed by atoms with Gasteiger partial charge in [0, 0.05) is 43.4 Å². The average molecular weight is 388 g/mol. The smallest absolute Gasteiger partial charge is 0.317 e. The molecule has 0 aromatic heterocycles. The molecule has 6 heteroatoms. The van der Waals surface area contributed by atoms with E-state index in [2.05, 4.69) is 22.3 Å². The van der Waals surface area contributed by atoms with Gasteiger partial charge in [0.2, 0.25) is 0 Å². The van der Waals surface area contributed by atoms with E-state index in [-0.39, 0.29) is 12.1 Å². The van der Waals surface area contributed by atoms with E-state index in [4.69, 9.17) is 16.3 Å². The van der Waals surface area contributed by atoms with Crippen molar-refractivity contribution in [2.45, 2.75) is 26.5 Å². The highest BCUT2D eigenvalue weighted by molar-refractivity contribution is 6.30. The Balaban J connectivity index is 1.46. The van der Waals surface area contributed by atoms with Gasteiger partial charge in [-0.15, -0.1) is 0 Å². The summed E-state index contributed by atoms with van der Waals surface area (Å²) in [6, 6.07) is 15.6. The Morgan fingerprint density at radius 3 is 2.26 bits per heavy atom. The molecule has 0 radical (unpaired) electrons. The van der Waals surface area contributed by atoms with Crippen molar-refractivity contribution >= 4 is 23.3 Å². The summed E-state index contributed by atoms with van der Waals surface area (Å²) in [4.78, 5) is 16.5. The second-order valence-corrected chi connectivity index (χ2v) is 7.36. The van der Waals surface area contributed by atoms with E-state index in [9.17, 15) is 4.79 Å². The largest absolute Gasteiger partial charge is 0.491 e. The lowest BCUT2D eigenvalue weighted by Gasteiger charge is -2.36. The van der Waals surface area contributed by atoms with Gasteiger partial charge >= 0.3 is 6.03 Å². The standard InChI is InChI=1S/C21H26ClN3O2/c1-16(2)27-20-9-7-19(8-10-20)24-11-13-25(14-12-24)21(26)23-15-17-3-5-18(22)6-4-17/h3-10,16H,11-15H2,1-2H3,(H,23,26). The number of halogens is 1. The summed E-state index contributed by atoms with van der Waals surface area (Å²) in [6.45, 7) is 7.59. The molecule has 0 saturated carbocycles. The molecule has 1 aliphatic rings. The minimum Gasteiger partial charge on any atom is -0.491 e. The van der Waals surface area contributed by atoms with Crippen molar-refractivity contribution in [3.05, 3.63) is 59.1 Å². The van der Waals surface area contributed by atoms with Crippen LogP contribution in [-0.2, 0) is 6.54 Å². The predicted molar refractivity (Wildman–Crippen MR) is 110 cm³/mol. The van der Waals surface area contributed by atoms with Crippen LogP contribution in [0.3, 0.4) is 0 Å². The summed E-state index contributed by atoms with van der Waals surface area (Å²) in [5.74, 6) is 0.883. The normalized spacial score (nSPS) is 14.4. The molecule has 3 rings (SSSR count). The highest BCUT2D eigenvalue weighted by Crippen LogP contribution is 2.21. The quantitative estimate of drug-likeness (QED) is 0.837. The molecular formula is C21H26ClN3O2. The van der Waals surface area contributed by atoms with E-state index in [1.165, 1.54) is 0 Å². The van der Waals surface area contributed by atoms with Crippen LogP contribution in [0.4, 0.5) is 10.5 Å². The minimum atomic E-state index is -0.0229. The molecule has 1 fully saturated rings. The zero-order valence-corrected chi connectivity index (χ0v) is 16.6. The number of urea groups is 1. The van der Waals surface area contributed by atoms with Crippen LogP contribution in [0.25, 0.3) is 0 Å². The van der Waals surface area contributed by atoms with E-state index in [1.54, 1.807) is 0 Å². The molecule has 0 atom stereocenters. The van der Waals surface area contributed by atoms with Gasteiger partial charge in [-0.3, -0.25) is 0 Å². The number of rotatable bonds is 5. The van der Waals surface area contributed by atoms with Gasteiger partial charge in [-0.2, -0.15) is 0 Å². The number of ether oxygens (including phenoxy) is 1. The summed E-state index contributed by atoms with van der Waals surface area (Å²) in [5.41, 5.74) is 2.20. The number of amides is 2. The first-order chi connectivity index (χ1) is 13.0. The van der Waals surface area contributed by atoms with Crippen LogP contribution in [0, 0.1) is 0 Å². The Hall–Kier alpha value is -2.40. The maximum absolute atomic E-state index is 12.4. The third kappa shape index (κ3) is 5.54. The van der Waals surface area contributed by atoms with Crippen molar-refractivity contribution in [3.63, 3.8) is 0 Å². The fourth-order valence-electron chi connectivity index (χ4n) is 3.07. The molecule has 144 valence electrons. The van der Waals surface area contributed by atoms with Crippen molar-refractivity contribution in [2.75, 3.05) is 31.1 Å². The fraction of sp³-hybridized carbons (Fsp3) is 0.381. The van der Waals surface area contributed by atoms with E-state index in [0.717, 1.165) is 30.1 Å². The van der Waals surface area contributed by atoms with E-state index in [1.807, 2.05) is 55.1 Å². The summed E-state index contributed by atoms with van der Waals surface area (Å²) in [5, 5.41) is 3.68. The number of piperazine rings is 1. The first kappa shape index (κ1) is 19.4.